The third-order valence-corrected chi connectivity index (χ3v) is 1.63. The number of halogens is 1. The van der Waals surface area contributed by atoms with Gasteiger partial charge < -0.3 is 13.9 Å². The fourth-order valence-electron chi connectivity index (χ4n) is 0.920. The third kappa shape index (κ3) is 11.1. The number of esters is 1. The van der Waals surface area contributed by atoms with Gasteiger partial charge in [0.25, 0.3) is 0 Å². The lowest BCUT2D eigenvalue weighted by atomic mass is 10.3. The molecule has 0 unspecified atom stereocenters. The summed E-state index contributed by atoms with van der Waals surface area (Å²) in [6.45, 7) is 4.93. The molecule has 4 heteroatoms. The zero-order chi connectivity index (χ0) is 10.3. The number of hydrogen-bond acceptors (Lipinski definition) is 2. The van der Waals surface area contributed by atoms with Gasteiger partial charge in [-0.05, 0) is 12.8 Å². The van der Waals surface area contributed by atoms with E-state index in [4.69, 9.17) is 4.74 Å². The smallest absolute Gasteiger partial charge is 0.330 e. The molecule has 0 rings (SSSR count). The van der Waals surface area contributed by atoms with E-state index >= 15 is 0 Å². The maximum absolute atomic E-state index is 10.6. The monoisotopic (exact) mass is 205 g/mol. The van der Waals surface area contributed by atoms with E-state index in [1.54, 1.807) is 0 Å². The number of ether oxygens (including phenoxy) is 1. The molecule has 0 aromatic heterocycles. The van der Waals surface area contributed by atoms with Crippen molar-refractivity contribution in [3.05, 3.63) is 12.7 Å². The van der Waals surface area contributed by atoms with Crippen molar-refractivity contribution < 1.29 is 18.7 Å². The van der Waals surface area contributed by atoms with Crippen molar-refractivity contribution in [3.8, 4) is 0 Å². The van der Waals surface area contributed by atoms with Crippen LogP contribution in [0.1, 0.15) is 12.8 Å². The Bertz CT molecular complexity index is 175. The Morgan fingerprint density at radius 3 is 2.36 bits per heavy atom. The Morgan fingerprint density at radius 2 is 1.93 bits per heavy atom. The largest absolute Gasteiger partial charge is 1.00 e. The Labute approximate surface area is 85.3 Å². The molecule has 0 aromatic carbocycles. The van der Waals surface area contributed by atoms with E-state index < -0.39 is 0 Å². The maximum atomic E-state index is 10.6. The molecule has 0 aliphatic rings. The second kappa shape index (κ2) is 7.50. The van der Waals surface area contributed by atoms with Crippen LogP contribution in [-0.2, 0) is 9.53 Å². The predicted molar refractivity (Wildman–Crippen MR) is 53.3 cm³/mol. The van der Waals surface area contributed by atoms with Gasteiger partial charge in [-0.3, -0.25) is 0 Å². The first-order valence-electron chi connectivity index (χ1n) is 4.55. The average Bonchev–Trinajstić information content (AvgIpc) is 2.01. The molecule has 0 spiro atoms. The predicted octanol–water partition coefficient (Wildman–Crippen LogP) is -1.79. The standard InChI is InChI=1S/C10H20NO2.FH/c1-5-10(12)13-9-7-6-8-11(2,3)4;/h5H,1,6-9H2,2-4H3;1H/q+1;/p-1. The third-order valence-electron chi connectivity index (χ3n) is 1.63. The zero-order valence-corrected chi connectivity index (χ0v) is 9.25. The molecule has 3 nitrogen and oxygen atoms in total. The molecule has 0 amide bonds. The van der Waals surface area contributed by atoms with E-state index in [1.165, 1.54) is 6.08 Å². The normalized spacial score (nSPS) is 10.2. The van der Waals surface area contributed by atoms with E-state index in [-0.39, 0.29) is 10.7 Å². The van der Waals surface area contributed by atoms with E-state index in [1.807, 2.05) is 0 Å². The van der Waals surface area contributed by atoms with Crippen LogP contribution in [0.3, 0.4) is 0 Å². The quantitative estimate of drug-likeness (QED) is 0.221. The highest BCUT2D eigenvalue weighted by atomic mass is 19.0. The number of carbonyl (C=O) groups excluding carboxylic acids is 1. The van der Waals surface area contributed by atoms with Crippen molar-refractivity contribution in [2.75, 3.05) is 34.3 Å². The Hall–Kier alpha value is -0.900. The summed E-state index contributed by atoms with van der Waals surface area (Å²) in [4.78, 5) is 10.6. The van der Waals surface area contributed by atoms with Gasteiger partial charge in [-0.2, -0.15) is 0 Å². The van der Waals surface area contributed by atoms with Crippen molar-refractivity contribution in [1.29, 1.82) is 0 Å². The summed E-state index contributed by atoms with van der Waals surface area (Å²) in [5, 5.41) is 0. The summed E-state index contributed by atoms with van der Waals surface area (Å²) < 4.78 is 5.80. The summed E-state index contributed by atoms with van der Waals surface area (Å²) >= 11 is 0. The Balaban J connectivity index is 0. The number of nitrogens with zero attached hydrogens (tertiary/aromatic N) is 1. The summed E-state index contributed by atoms with van der Waals surface area (Å²) in [5.74, 6) is -0.328. The summed E-state index contributed by atoms with van der Waals surface area (Å²) in [5.41, 5.74) is 0. The Morgan fingerprint density at radius 1 is 1.36 bits per heavy atom. The molecule has 0 atom stereocenters. The highest BCUT2D eigenvalue weighted by Crippen LogP contribution is 1.97. The van der Waals surface area contributed by atoms with Crippen LogP contribution in [0, 0.1) is 0 Å². The topological polar surface area (TPSA) is 26.3 Å². The lowest BCUT2D eigenvalue weighted by Crippen LogP contribution is -3.00. The molecular formula is C10H20FNO2. The van der Waals surface area contributed by atoms with Crippen LogP contribution in [0.4, 0.5) is 0 Å². The minimum Gasteiger partial charge on any atom is -1.00 e. The van der Waals surface area contributed by atoms with Crippen molar-refractivity contribution in [2.45, 2.75) is 12.8 Å². The first-order chi connectivity index (χ1) is 5.95. The first-order valence-corrected chi connectivity index (χ1v) is 4.55. The van der Waals surface area contributed by atoms with E-state index in [0.29, 0.717) is 6.61 Å². The molecule has 0 saturated heterocycles. The van der Waals surface area contributed by atoms with Crippen LogP contribution in [0.25, 0.3) is 0 Å². The van der Waals surface area contributed by atoms with Crippen LogP contribution in [0.2, 0.25) is 0 Å². The van der Waals surface area contributed by atoms with Gasteiger partial charge in [0.2, 0.25) is 0 Å². The van der Waals surface area contributed by atoms with Crippen LogP contribution in [0.15, 0.2) is 12.7 Å². The molecule has 0 heterocycles. The van der Waals surface area contributed by atoms with Gasteiger partial charge in [-0.1, -0.05) is 6.58 Å². The van der Waals surface area contributed by atoms with Crippen molar-refractivity contribution in [2.24, 2.45) is 0 Å². The lowest BCUT2D eigenvalue weighted by Gasteiger charge is -2.23. The molecule has 0 fully saturated rings. The van der Waals surface area contributed by atoms with Gasteiger partial charge in [0.15, 0.2) is 0 Å². The maximum Gasteiger partial charge on any atom is 0.330 e. The molecule has 0 N–H and O–H groups in total. The molecule has 0 aliphatic carbocycles. The second-order valence-electron chi connectivity index (χ2n) is 4.09. The van der Waals surface area contributed by atoms with Gasteiger partial charge in [-0.25, -0.2) is 4.79 Å². The van der Waals surface area contributed by atoms with Crippen LogP contribution >= 0.6 is 0 Å². The number of hydrogen-bond donors (Lipinski definition) is 0. The minimum absolute atomic E-state index is 0. The number of carbonyl (C=O) groups is 1. The van der Waals surface area contributed by atoms with Crippen molar-refractivity contribution in [3.63, 3.8) is 0 Å². The highest BCUT2D eigenvalue weighted by Gasteiger charge is 2.05. The van der Waals surface area contributed by atoms with Gasteiger partial charge in [0.05, 0.1) is 34.3 Å². The molecule has 0 radical (unpaired) electrons. The number of rotatable bonds is 6. The summed E-state index contributed by atoms with van der Waals surface area (Å²) in [6.07, 6.45) is 3.20. The highest BCUT2D eigenvalue weighted by molar-refractivity contribution is 5.81. The second-order valence-corrected chi connectivity index (χ2v) is 4.09. The lowest BCUT2D eigenvalue weighted by molar-refractivity contribution is -0.870. The van der Waals surface area contributed by atoms with Gasteiger partial charge in [0, 0.05) is 6.08 Å². The molecule has 84 valence electrons. The molecular weight excluding hydrogens is 185 g/mol. The Kier molecular flexibility index (Phi) is 8.34. The summed E-state index contributed by atoms with van der Waals surface area (Å²) in [7, 11) is 6.45. The first kappa shape index (κ1) is 15.6. The van der Waals surface area contributed by atoms with Gasteiger partial charge in [0.1, 0.15) is 0 Å². The van der Waals surface area contributed by atoms with Crippen LogP contribution in [-0.4, -0.2) is 44.7 Å². The average molecular weight is 205 g/mol. The fourth-order valence-corrected chi connectivity index (χ4v) is 0.920. The SMILES string of the molecule is C=CC(=O)OCCCC[N+](C)(C)C.[F-]. The molecule has 14 heavy (non-hydrogen) atoms. The van der Waals surface area contributed by atoms with E-state index in [2.05, 4.69) is 27.7 Å². The van der Waals surface area contributed by atoms with E-state index in [0.717, 1.165) is 23.9 Å². The zero-order valence-electron chi connectivity index (χ0n) is 9.25. The summed E-state index contributed by atoms with van der Waals surface area (Å²) in [6, 6.07) is 0. The van der Waals surface area contributed by atoms with Crippen LogP contribution < -0.4 is 4.70 Å². The molecule has 0 aliphatic heterocycles. The van der Waals surface area contributed by atoms with Crippen LogP contribution in [0.5, 0.6) is 0 Å². The van der Waals surface area contributed by atoms with Crippen molar-refractivity contribution >= 4 is 5.97 Å². The molecule has 0 saturated carbocycles. The fraction of sp³-hybridized carbons (Fsp3) is 0.700. The molecule has 0 bridgehead atoms. The minimum atomic E-state index is -0.328. The van der Waals surface area contributed by atoms with Gasteiger partial charge in [-0.15, -0.1) is 0 Å². The van der Waals surface area contributed by atoms with Crippen molar-refractivity contribution in [1.82, 2.24) is 0 Å². The number of quaternary nitrogens is 1. The van der Waals surface area contributed by atoms with E-state index in [9.17, 15) is 4.79 Å². The van der Waals surface area contributed by atoms with Gasteiger partial charge >= 0.3 is 5.97 Å². The number of unbranched alkanes of at least 4 members (excludes halogenated alkanes) is 1. The molecule has 0 aromatic rings.